The summed E-state index contributed by atoms with van der Waals surface area (Å²) in [4.78, 5) is 14.5. The van der Waals surface area contributed by atoms with E-state index < -0.39 is 5.66 Å². The minimum atomic E-state index is -0.525. The standard InChI is InChI=1S/C22H24N2O/c1-15-9-10-19-18(13-15)21(3,4)22(23-20(25)14-24(19)22)12-11-17-8-6-5-7-16(17)2/h5-13H,14H2,1-4H3,(H,23,25)/b12-11+. The predicted octanol–water partition coefficient (Wildman–Crippen LogP) is 3.94. The smallest absolute Gasteiger partial charge is 0.241 e. The van der Waals surface area contributed by atoms with E-state index in [1.54, 1.807) is 0 Å². The van der Waals surface area contributed by atoms with E-state index in [-0.39, 0.29) is 11.3 Å². The van der Waals surface area contributed by atoms with Crippen molar-refractivity contribution >= 4 is 17.7 Å². The summed E-state index contributed by atoms with van der Waals surface area (Å²) in [5.41, 5.74) is 5.36. The molecule has 3 heteroatoms. The van der Waals surface area contributed by atoms with Gasteiger partial charge in [-0.2, -0.15) is 0 Å². The van der Waals surface area contributed by atoms with Crippen molar-refractivity contribution in [3.63, 3.8) is 0 Å². The zero-order chi connectivity index (χ0) is 17.8. The van der Waals surface area contributed by atoms with Gasteiger partial charge in [0.1, 0.15) is 5.66 Å². The van der Waals surface area contributed by atoms with Crippen molar-refractivity contribution in [3.8, 4) is 0 Å². The first kappa shape index (κ1) is 15.9. The number of fused-ring (bicyclic) bond motifs is 3. The Morgan fingerprint density at radius 1 is 1.12 bits per heavy atom. The molecule has 1 amide bonds. The van der Waals surface area contributed by atoms with Gasteiger partial charge in [0.05, 0.1) is 6.54 Å². The summed E-state index contributed by atoms with van der Waals surface area (Å²) < 4.78 is 0. The Balaban J connectivity index is 1.87. The molecule has 2 aromatic carbocycles. The molecule has 0 aromatic heterocycles. The van der Waals surface area contributed by atoms with Gasteiger partial charge in [-0.3, -0.25) is 4.79 Å². The highest BCUT2D eigenvalue weighted by atomic mass is 16.2. The normalized spacial score (nSPS) is 23.7. The summed E-state index contributed by atoms with van der Waals surface area (Å²) in [5.74, 6) is 0.0775. The molecule has 1 N–H and O–H groups in total. The fraction of sp³-hybridized carbons (Fsp3) is 0.318. The predicted molar refractivity (Wildman–Crippen MR) is 103 cm³/mol. The van der Waals surface area contributed by atoms with E-state index in [0.29, 0.717) is 6.54 Å². The maximum absolute atomic E-state index is 12.3. The van der Waals surface area contributed by atoms with Gasteiger partial charge >= 0.3 is 0 Å². The van der Waals surface area contributed by atoms with E-state index in [4.69, 9.17) is 0 Å². The Bertz CT molecular complexity index is 897. The molecule has 0 aliphatic carbocycles. The number of carbonyl (C=O) groups is 1. The molecule has 128 valence electrons. The largest absolute Gasteiger partial charge is 0.335 e. The number of hydrogen-bond acceptors (Lipinski definition) is 2. The number of nitrogens with zero attached hydrogens (tertiary/aromatic N) is 1. The monoisotopic (exact) mass is 332 g/mol. The van der Waals surface area contributed by atoms with Crippen LogP contribution in [0, 0.1) is 13.8 Å². The van der Waals surface area contributed by atoms with Gasteiger partial charge < -0.3 is 10.2 Å². The van der Waals surface area contributed by atoms with Crippen LogP contribution >= 0.6 is 0 Å². The Morgan fingerprint density at radius 2 is 1.88 bits per heavy atom. The van der Waals surface area contributed by atoms with Crippen LogP contribution in [0.15, 0.2) is 48.5 Å². The van der Waals surface area contributed by atoms with Crippen LogP contribution in [0.2, 0.25) is 0 Å². The van der Waals surface area contributed by atoms with Crippen molar-refractivity contribution in [2.24, 2.45) is 0 Å². The lowest BCUT2D eigenvalue weighted by molar-refractivity contribution is -0.118. The maximum Gasteiger partial charge on any atom is 0.241 e. The van der Waals surface area contributed by atoms with E-state index in [9.17, 15) is 4.79 Å². The van der Waals surface area contributed by atoms with Crippen LogP contribution in [0.4, 0.5) is 5.69 Å². The van der Waals surface area contributed by atoms with Crippen LogP contribution in [0.1, 0.15) is 36.1 Å². The minimum Gasteiger partial charge on any atom is -0.335 e. The second kappa shape index (κ2) is 5.22. The first-order valence-corrected chi connectivity index (χ1v) is 8.80. The maximum atomic E-state index is 12.3. The van der Waals surface area contributed by atoms with Crippen LogP contribution in [0.5, 0.6) is 0 Å². The fourth-order valence-electron chi connectivity index (χ4n) is 4.27. The first-order valence-electron chi connectivity index (χ1n) is 8.80. The molecule has 1 saturated heterocycles. The number of carbonyl (C=O) groups excluding carboxylic acids is 1. The van der Waals surface area contributed by atoms with Crippen molar-refractivity contribution in [2.45, 2.75) is 38.8 Å². The third kappa shape index (κ3) is 2.15. The van der Waals surface area contributed by atoms with Gasteiger partial charge in [0.2, 0.25) is 5.91 Å². The van der Waals surface area contributed by atoms with E-state index in [0.717, 1.165) is 5.69 Å². The molecular weight excluding hydrogens is 308 g/mol. The van der Waals surface area contributed by atoms with Crippen molar-refractivity contribution in [2.75, 3.05) is 11.4 Å². The summed E-state index contributed by atoms with van der Waals surface area (Å²) >= 11 is 0. The lowest BCUT2D eigenvalue weighted by Crippen LogP contribution is -2.58. The van der Waals surface area contributed by atoms with Gasteiger partial charge in [-0.25, -0.2) is 0 Å². The number of nitrogens with one attached hydrogen (secondary N) is 1. The lowest BCUT2D eigenvalue weighted by Gasteiger charge is -2.40. The van der Waals surface area contributed by atoms with Crippen molar-refractivity contribution in [1.82, 2.24) is 5.32 Å². The van der Waals surface area contributed by atoms with Gasteiger partial charge in [-0.15, -0.1) is 0 Å². The van der Waals surface area contributed by atoms with Crippen LogP contribution in [0.3, 0.4) is 0 Å². The molecule has 0 radical (unpaired) electrons. The topological polar surface area (TPSA) is 32.3 Å². The van der Waals surface area contributed by atoms with Crippen LogP contribution in [-0.2, 0) is 10.2 Å². The van der Waals surface area contributed by atoms with Gasteiger partial charge in [0.15, 0.2) is 0 Å². The summed E-state index contributed by atoms with van der Waals surface area (Å²) in [5, 5.41) is 3.28. The molecule has 0 bridgehead atoms. The lowest BCUT2D eigenvalue weighted by atomic mass is 9.75. The number of anilines is 1. The Labute approximate surface area is 149 Å². The summed E-state index contributed by atoms with van der Waals surface area (Å²) in [6, 6.07) is 14.8. The molecule has 4 rings (SSSR count). The fourth-order valence-corrected chi connectivity index (χ4v) is 4.27. The Hall–Kier alpha value is -2.55. The second-order valence-electron chi connectivity index (χ2n) is 7.74. The highest BCUT2D eigenvalue weighted by Crippen LogP contribution is 2.53. The Kier molecular flexibility index (Phi) is 3.33. The third-order valence-electron chi connectivity index (χ3n) is 5.82. The van der Waals surface area contributed by atoms with Crippen molar-refractivity contribution in [1.29, 1.82) is 0 Å². The highest BCUT2D eigenvalue weighted by Gasteiger charge is 2.59. The molecule has 2 heterocycles. The molecule has 2 aromatic rings. The highest BCUT2D eigenvalue weighted by molar-refractivity contribution is 5.91. The molecule has 1 atom stereocenters. The number of benzene rings is 2. The first-order chi connectivity index (χ1) is 11.8. The van der Waals surface area contributed by atoms with Gasteiger partial charge in [0, 0.05) is 11.1 Å². The SMILES string of the molecule is Cc1ccc2c(c1)C(C)(C)C1(/C=C/c3ccccc3C)NC(=O)CN21. The number of rotatable bonds is 2. The average molecular weight is 332 g/mol. The molecule has 2 aliphatic rings. The number of aryl methyl sites for hydroxylation is 2. The zero-order valence-corrected chi connectivity index (χ0v) is 15.3. The summed E-state index contributed by atoms with van der Waals surface area (Å²) in [6.45, 7) is 9.07. The van der Waals surface area contributed by atoms with Gasteiger partial charge in [0.25, 0.3) is 0 Å². The zero-order valence-electron chi connectivity index (χ0n) is 15.3. The molecule has 0 saturated carbocycles. The van der Waals surface area contributed by atoms with E-state index in [2.05, 4.69) is 80.4 Å². The van der Waals surface area contributed by atoms with E-state index in [1.807, 2.05) is 12.1 Å². The third-order valence-corrected chi connectivity index (χ3v) is 5.82. The number of amides is 1. The Morgan fingerprint density at radius 3 is 2.64 bits per heavy atom. The van der Waals surface area contributed by atoms with E-state index in [1.165, 1.54) is 22.3 Å². The van der Waals surface area contributed by atoms with Crippen molar-refractivity contribution < 1.29 is 4.79 Å². The quantitative estimate of drug-likeness (QED) is 0.903. The molecule has 0 spiro atoms. The minimum absolute atomic E-state index is 0.0775. The molecular formula is C22H24N2O. The second-order valence-corrected chi connectivity index (χ2v) is 7.74. The summed E-state index contributed by atoms with van der Waals surface area (Å²) in [6.07, 6.45) is 4.32. The molecule has 25 heavy (non-hydrogen) atoms. The van der Waals surface area contributed by atoms with Gasteiger partial charge in [-0.1, -0.05) is 61.9 Å². The summed E-state index contributed by atoms with van der Waals surface area (Å²) in [7, 11) is 0. The van der Waals surface area contributed by atoms with Crippen LogP contribution in [0.25, 0.3) is 6.08 Å². The molecule has 1 fully saturated rings. The van der Waals surface area contributed by atoms with E-state index >= 15 is 0 Å². The average Bonchev–Trinajstić information content (AvgIpc) is 2.99. The molecule has 1 unspecified atom stereocenters. The van der Waals surface area contributed by atoms with Crippen LogP contribution < -0.4 is 10.2 Å². The van der Waals surface area contributed by atoms with Gasteiger partial charge in [-0.05, 0) is 42.7 Å². The number of hydrogen-bond donors (Lipinski definition) is 1. The molecule has 2 aliphatic heterocycles. The molecule has 3 nitrogen and oxygen atoms in total. The van der Waals surface area contributed by atoms with Crippen LogP contribution in [-0.4, -0.2) is 18.1 Å². The van der Waals surface area contributed by atoms with Crippen molar-refractivity contribution in [3.05, 3.63) is 70.8 Å².